The van der Waals surface area contributed by atoms with Gasteiger partial charge in [-0.3, -0.25) is 9.59 Å². The Morgan fingerprint density at radius 2 is 1.07 bits per heavy atom. The normalized spacial score (nSPS) is 13.9. The highest BCUT2D eigenvalue weighted by atomic mass is 16.3. The van der Waals surface area contributed by atoms with Crippen LogP contribution in [0, 0.1) is 0 Å². The third-order valence-corrected chi connectivity index (χ3v) is 11.4. The van der Waals surface area contributed by atoms with Crippen LogP contribution in [-0.2, 0) is 16.2 Å². The Labute approximate surface area is 314 Å². The van der Waals surface area contributed by atoms with E-state index in [4.69, 9.17) is 8.83 Å². The van der Waals surface area contributed by atoms with Crippen molar-refractivity contribution in [1.82, 2.24) is 0 Å². The van der Waals surface area contributed by atoms with Crippen LogP contribution in [0.3, 0.4) is 0 Å². The largest absolute Gasteiger partial charge is 0.456 e. The summed E-state index contributed by atoms with van der Waals surface area (Å²) in [4.78, 5) is 30.0. The van der Waals surface area contributed by atoms with Crippen molar-refractivity contribution in [1.29, 1.82) is 0 Å². The Balaban J connectivity index is 1.32. The maximum absolute atomic E-state index is 14.1. The van der Waals surface area contributed by atoms with Crippen LogP contribution in [0.15, 0.2) is 134 Å². The lowest BCUT2D eigenvalue weighted by atomic mass is 9.77. The molecule has 8 aromatic rings. The topological polar surface area (TPSA) is 63.7 Å². The van der Waals surface area contributed by atoms with E-state index in [-0.39, 0.29) is 27.1 Å². The molecule has 54 heavy (non-hydrogen) atoms. The molecule has 0 N–H and O–H groups in total. The zero-order chi connectivity index (χ0) is 37.9. The van der Waals surface area contributed by atoms with Crippen molar-refractivity contribution < 1.29 is 8.83 Å². The fraction of sp³-hybridized carbons (Fsp3) is 0.224. The average Bonchev–Trinajstić information content (AvgIpc) is 3.37. The van der Waals surface area contributed by atoms with Crippen LogP contribution in [0.2, 0.25) is 0 Å². The number of nitrogens with zero attached hydrogens (tertiary/aromatic N) is 1. The molecule has 0 bridgehead atoms. The standard InChI is InChI=1S/C49H43NO4/c1-47(2,3)28-18-20-32-37(22-28)49(7,8)38-23-29(48(4,5)6)24-39(44(32)38)50(30-14-10-9-11-15-30)31-19-21-34-41(25-31)54-43-27-35-42(26-36(43)46(34)52)53-40-17-13-12-16-33(40)45(35)51/h9-27H,1-8H3. The third-order valence-electron chi connectivity index (χ3n) is 11.4. The Morgan fingerprint density at radius 3 is 1.74 bits per heavy atom. The van der Waals surface area contributed by atoms with Crippen molar-refractivity contribution in [3.63, 3.8) is 0 Å². The Morgan fingerprint density at radius 1 is 0.500 bits per heavy atom. The Bertz CT molecular complexity index is 2970. The summed E-state index contributed by atoms with van der Waals surface area (Å²) in [6, 6.07) is 38.4. The van der Waals surface area contributed by atoms with Crippen molar-refractivity contribution >= 4 is 60.9 Å². The fourth-order valence-electron chi connectivity index (χ4n) is 8.18. The molecule has 0 amide bonds. The molecule has 2 heterocycles. The number of hydrogen-bond acceptors (Lipinski definition) is 5. The van der Waals surface area contributed by atoms with Gasteiger partial charge in [0.2, 0.25) is 10.9 Å². The van der Waals surface area contributed by atoms with Crippen LogP contribution < -0.4 is 15.8 Å². The van der Waals surface area contributed by atoms with Crippen LogP contribution in [0.25, 0.3) is 55.0 Å². The molecule has 5 heteroatoms. The number of para-hydroxylation sites is 2. The van der Waals surface area contributed by atoms with E-state index in [2.05, 4.69) is 115 Å². The summed E-state index contributed by atoms with van der Waals surface area (Å²) in [6.07, 6.45) is 0. The third kappa shape index (κ3) is 5.13. The van der Waals surface area contributed by atoms with E-state index in [0.29, 0.717) is 43.9 Å². The molecule has 0 radical (unpaired) electrons. The van der Waals surface area contributed by atoms with Gasteiger partial charge >= 0.3 is 0 Å². The van der Waals surface area contributed by atoms with E-state index in [1.54, 1.807) is 24.3 Å². The van der Waals surface area contributed by atoms with Gasteiger partial charge in [-0.2, -0.15) is 0 Å². The highest BCUT2D eigenvalue weighted by molar-refractivity contribution is 6.01. The van der Waals surface area contributed by atoms with Gasteiger partial charge in [-0.25, -0.2) is 0 Å². The molecule has 0 atom stereocenters. The van der Waals surface area contributed by atoms with Gasteiger partial charge in [0, 0.05) is 28.4 Å². The molecule has 1 aliphatic rings. The van der Waals surface area contributed by atoms with Gasteiger partial charge in [-0.05, 0) is 93.2 Å². The van der Waals surface area contributed by atoms with E-state index < -0.39 is 0 Å². The molecule has 0 fully saturated rings. The maximum atomic E-state index is 14.1. The molecular formula is C49H43NO4. The minimum atomic E-state index is -0.236. The van der Waals surface area contributed by atoms with Gasteiger partial charge in [0.05, 0.1) is 27.2 Å². The first-order valence-electron chi connectivity index (χ1n) is 18.7. The predicted molar refractivity (Wildman–Crippen MR) is 223 cm³/mol. The molecule has 0 spiro atoms. The first-order valence-corrected chi connectivity index (χ1v) is 18.7. The van der Waals surface area contributed by atoms with E-state index in [1.807, 2.05) is 36.4 Å². The Kier molecular flexibility index (Phi) is 7.23. The first-order chi connectivity index (χ1) is 25.6. The highest BCUT2D eigenvalue weighted by Gasteiger charge is 2.40. The summed E-state index contributed by atoms with van der Waals surface area (Å²) < 4.78 is 12.7. The van der Waals surface area contributed by atoms with Gasteiger partial charge in [0.25, 0.3) is 0 Å². The van der Waals surface area contributed by atoms with Gasteiger partial charge in [-0.1, -0.05) is 110 Å². The van der Waals surface area contributed by atoms with Gasteiger partial charge < -0.3 is 13.7 Å². The summed E-state index contributed by atoms with van der Waals surface area (Å²) in [5, 5.41) is 1.68. The number of anilines is 3. The zero-order valence-corrected chi connectivity index (χ0v) is 32.0. The number of benzene rings is 6. The second-order valence-electron chi connectivity index (χ2n) is 17.4. The average molecular weight is 710 g/mol. The summed E-state index contributed by atoms with van der Waals surface area (Å²) in [5.74, 6) is 0. The van der Waals surface area contributed by atoms with Gasteiger partial charge in [-0.15, -0.1) is 0 Å². The highest BCUT2D eigenvalue weighted by Crippen LogP contribution is 2.56. The molecule has 9 rings (SSSR count). The molecule has 6 aromatic carbocycles. The number of hydrogen-bond donors (Lipinski definition) is 0. The molecular weight excluding hydrogens is 667 g/mol. The molecule has 0 aliphatic heterocycles. The SMILES string of the molecule is CC(C)(C)c1ccc2c(c1)C(C)(C)c1cc(C(C)(C)C)cc(N(c3ccccc3)c3ccc4c(=O)c5cc6oc7ccccc7c(=O)c6cc5oc4c3)c1-2. The van der Waals surface area contributed by atoms with E-state index >= 15 is 0 Å². The second kappa shape index (κ2) is 11.5. The minimum Gasteiger partial charge on any atom is -0.456 e. The van der Waals surface area contributed by atoms with E-state index in [1.165, 1.54) is 33.4 Å². The number of rotatable bonds is 3. The van der Waals surface area contributed by atoms with E-state index in [9.17, 15) is 9.59 Å². The van der Waals surface area contributed by atoms with Crippen LogP contribution >= 0.6 is 0 Å². The Hall–Kier alpha value is -5.94. The fourth-order valence-corrected chi connectivity index (χ4v) is 8.18. The maximum Gasteiger partial charge on any atom is 0.200 e. The van der Waals surface area contributed by atoms with Crippen molar-refractivity contribution in [3.8, 4) is 11.1 Å². The lowest BCUT2D eigenvalue weighted by Gasteiger charge is -2.32. The summed E-state index contributed by atoms with van der Waals surface area (Å²) in [6.45, 7) is 18.3. The van der Waals surface area contributed by atoms with Gasteiger partial charge in [0.1, 0.15) is 22.3 Å². The predicted octanol–water partition coefficient (Wildman–Crippen LogP) is 12.6. The summed E-state index contributed by atoms with van der Waals surface area (Å²) in [7, 11) is 0. The monoisotopic (exact) mass is 709 g/mol. The van der Waals surface area contributed by atoms with Crippen molar-refractivity contribution in [3.05, 3.63) is 158 Å². The van der Waals surface area contributed by atoms with Crippen LogP contribution in [0.1, 0.15) is 77.6 Å². The van der Waals surface area contributed by atoms with Crippen molar-refractivity contribution in [2.75, 3.05) is 4.90 Å². The van der Waals surface area contributed by atoms with Crippen LogP contribution in [0.5, 0.6) is 0 Å². The summed E-state index contributed by atoms with van der Waals surface area (Å²) >= 11 is 0. The van der Waals surface area contributed by atoms with E-state index in [0.717, 1.165) is 17.1 Å². The molecule has 2 aromatic heterocycles. The van der Waals surface area contributed by atoms with Crippen molar-refractivity contribution in [2.24, 2.45) is 0 Å². The molecule has 0 saturated carbocycles. The molecule has 0 saturated heterocycles. The minimum absolute atomic E-state index is 0.0125. The lowest BCUT2D eigenvalue weighted by molar-refractivity contribution is 0.580. The first kappa shape index (κ1) is 33.9. The molecule has 5 nitrogen and oxygen atoms in total. The molecule has 0 unspecified atom stereocenters. The molecule has 268 valence electrons. The van der Waals surface area contributed by atoms with Crippen molar-refractivity contribution in [2.45, 2.75) is 71.6 Å². The number of fused-ring (bicyclic) bond motifs is 7. The smallest absolute Gasteiger partial charge is 0.200 e. The zero-order valence-electron chi connectivity index (χ0n) is 32.0. The van der Waals surface area contributed by atoms with Crippen LogP contribution in [-0.4, -0.2) is 0 Å². The van der Waals surface area contributed by atoms with Gasteiger partial charge in [0.15, 0.2) is 0 Å². The quantitative estimate of drug-likeness (QED) is 0.171. The lowest BCUT2D eigenvalue weighted by Crippen LogP contribution is -2.20. The summed E-state index contributed by atoms with van der Waals surface area (Å²) in [5.41, 5.74) is 11.5. The van der Waals surface area contributed by atoms with Crippen LogP contribution in [0.4, 0.5) is 17.1 Å². The molecule has 1 aliphatic carbocycles. The second-order valence-corrected chi connectivity index (χ2v) is 17.4.